The van der Waals surface area contributed by atoms with Crippen LogP contribution in [0, 0.1) is 5.95 Å². The van der Waals surface area contributed by atoms with E-state index >= 15 is 4.39 Å². The van der Waals surface area contributed by atoms with Crippen LogP contribution in [0.15, 0.2) is 36.4 Å². The van der Waals surface area contributed by atoms with Crippen LogP contribution in [0.25, 0.3) is 22.3 Å². The zero-order chi connectivity index (χ0) is 29.6. The average molecular weight is 577 g/mol. The molecule has 1 fully saturated rings. The highest BCUT2D eigenvalue weighted by molar-refractivity contribution is 5.97. The summed E-state index contributed by atoms with van der Waals surface area (Å²) >= 11 is 0. The summed E-state index contributed by atoms with van der Waals surface area (Å²) in [6, 6.07) is 10.5. The molecule has 3 aromatic rings. The SMILES string of the molecule is CC(C)(C)OC(=O)N1CCC(Oc2ccc(-c3cc(-c4ccc5c(c4)CCNC5=O)c(N)nc3F)c3c2OCO3)CC1. The number of ether oxygens (including phenoxy) is 4. The molecule has 1 aromatic heterocycles. The number of likely N-dealkylation sites (tertiary alicyclic amines) is 1. The third-order valence-corrected chi connectivity index (χ3v) is 7.51. The minimum atomic E-state index is -0.741. The Morgan fingerprint density at radius 3 is 2.55 bits per heavy atom. The quantitative estimate of drug-likeness (QED) is 0.419. The Morgan fingerprint density at radius 1 is 1.05 bits per heavy atom. The number of hydrogen-bond donors (Lipinski definition) is 2. The van der Waals surface area contributed by atoms with Gasteiger partial charge in [0.05, 0.1) is 0 Å². The van der Waals surface area contributed by atoms with E-state index in [2.05, 4.69) is 10.3 Å². The second-order valence-electron chi connectivity index (χ2n) is 11.6. The van der Waals surface area contributed by atoms with E-state index in [0.29, 0.717) is 72.8 Å². The zero-order valence-electron chi connectivity index (χ0n) is 23.8. The number of anilines is 1. The third kappa shape index (κ3) is 5.38. The summed E-state index contributed by atoms with van der Waals surface area (Å²) in [5.41, 5.74) is 9.07. The molecule has 0 saturated carbocycles. The summed E-state index contributed by atoms with van der Waals surface area (Å²) < 4.78 is 38.6. The van der Waals surface area contributed by atoms with Gasteiger partial charge in [0.2, 0.25) is 18.5 Å². The van der Waals surface area contributed by atoms with Crippen LogP contribution in [-0.4, -0.2) is 60.0 Å². The molecule has 2 amide bonds. The lowest BCUT2D eigenvalue weighted by atomic mass is 9.94. The molecular formula is C31H33FN4O6. The second kappa shape index (κ2) is 10.7. The molecule has 0 spiro atoms. The van der Waals surface area contributed by atoms with Crippen LogP contribution < -0.4 is 25.3 Å². The number of amides is 2. The molecule has 3 aliphatic heterocycles. The second-order valence-corrected chi connectivity index (χ2v) is 11.6. The van der Waals surface area contributed by atoms with E-state index in [1.54, 1.807) is 35.2 Å². The van der Waals surface area contributed by atoms with Gasteiger partial charge in [-0.1, -0.05) is 12.1 Å². The smallest absolute Gasteiger partial charge is 0.410 e. The summed E-state index contributed by atoms with van der Waals surface area (Å²) in [5.74, 6) is 0.422. The Kier molecular flexibility index (Phi) is 7.04. The maximum absolute atomic E-state index is 15.3. The van der Waals surface area contributed by atoms with Crippen molar-refractivity contribution in [2.75, 3.05) is 32.2 Å². The van der Waals surface area contributed by atoms with E-state index < -0.39 is 11.5 Å². The van der Waals surface area contributed by atoms with Gasteiger partial charge in [-0.05, 0) is 62.6 Å². The molecule has 0 atom stereocenters. The number of carbonyl (C=O) groups excluding carboxylic acids is 2. The first-order valence-electron chi connectivity index (χ1n) is 14.0. The Hall–Kier alpha value is -4.54. The van der Waals surface area contributed by atoms with Gasteiger partial charge < -0.3 is 34.9 Å². The van der Waals surface area contributed by atoms with Crippen molar-refractivity contribution in [3.05, 3.63) is 53.5 Å². The molecular weight excluding hydrogens is 543 g/mol. The highest BCUT2D eigenvalue weighted by atomic mass is 19.1. The van der Waals surface area contributed by atoms with Crippen LogP contribution >= 0.6 is 0 Å². The van der Waals surface area contributed by atoms with E-state index in [1.165, 1.54) is 0 Å². The number of hydrogen-bond acceptors (Lipinski definition) is 8. The van der Waals surface area contributed by atoms with Crippen molar-refractivity contribution in [1.29, 1.82) is 0 Å². The Morgan fingerprint density at radius 2 is 1.79 bits per heavy atom. The van der Waals surface area contributed by atoms with Gasteiger partial charge in [0, 0.05) is 54.7 Å². The topological polar surface area (TPSA) is 125 Å². The predicted molar refractivity (Wildman–Crippen MR) is 153 cm³/mol. The monoisotopic (exact) mass is 576 g/mol. The molecule has 3 aliphatic rings. The van der Waals surface area contributed by atoms with Gasteiger partial charge >= 0.3 is 6.09 Å². The Balaban J connectivity index is 1.24. The fraction of sp³-hybridized carbons (Fsp3) is 0.387. The normalized spacial score (nSPS) is 16.6. The van der Waals surface area contributed by atoms with Gasteiger partial charge in [-0.2, -0.15) is 4.39 Å². The van der Waals surface area contributed by atoms with Crippen molar-refractivity contribution in [1.82, 2.24) is 15.2 Å². The standard InChI is InChI=1S/C31H33FN4O6/c1-31(2,3)42-30(38)36-12-9-19(10-13-36)41-24-7-6-21(25-26(24)40-16-39-25)23-15-22(28(33)35-27(23)32)17-4-5-20-18(14-17)8-11-34-29(20)37/h4-7,14-15,19H,8-13,16H2,1-3H3,(H2,33,35)(H,34,37). The number of rotatable bonds is 4. The van der Waals surface area contributed by atoms with E-state index in [0.717, 1.165) is 11.1 Å². The number of piperidine rings is 1. The lowest BCUT2D eigenvalue weighted by Gasteiger charge is -2.33. The number of carbonyl (C=O) groups is 2. The number of aromatic nitrogens is 1. The summed E-state index contributed by atoms with van der Waals surface area (Å²) in [5, 5.41) is 2.83. The first kappa shape index (κ1) is 27.6. The molecule has 0 aliphatic carbocycles. The van der Waals surface area contributed by atoms with Gasteiger partial charge in [0.15, 0.2) is 11.5 Å². The van der Waals surface area contributed by atoms with Crippen LogP contribution in [-0.2, 0) is 11.2 Å². The molecule has 2 aromatic carbocycles. The fourth-order valence-electron chi connectivity index (χ4n) is 5.46. The summed E-state index contributed by atoms with van der Waals surface area (Å²) in [7, 11) is 0. The van der Waals surface area contributed by atoms with E-state index in [9.17, 15) is 9.59 Å². The van der Waals surface area contributed by atoms with Gasteiger partial charge in [0.1, 0.15) is 17.5 Å². The van der Waals surface area contributed by atoms with Gasteiger partial charge in [-0.15, -0.1) is 0 Å². The fourth-order valence-corrected chi connectivity index (χ4v) is 5.46. The number of benzene rings is 2. The van der Waals surface area contributed by atoms with Crippen LogP contribution in [0.1, 0.15) is 49.5 Å². The average Bonchev–Trinajstić information content (AvgIpc) is 3.44. The van der Waals surface area contributed by atoms with Gasteiger partial charge in [0.25, 0.3) is 5.91 Å². The molecule has 0 unspecified atom stereocenters. The van der Waals surface area contributed by atoms with Crippen molar-refractivity contribution in [3.8, 4) is 39.5 Å². The highest BCUT2D eigenvalue weighted by Crippen LogP contribution is 2.49. The Labute approximate surface area is 242 Å². The largest absolute Gasteiger partial charge is 0.486 e. The molecule has 10 nitrogen and oxygen atoms in total. The van der Waals surface area contributed by atoms with Crippen LogP contribution in [0.5, 0.6) is 17.2 Å². The van der Waals surface area contributed by atoms with Crippen molar-refractivity contribution >= 4 is 17.8 Å². The van der Waals surface area contributed by atoms with Gasteiger partial charge in [-0.25, -0.2) is 9.78 Å². The van der Waals surface area contributed by atoms with E-state index in [4.69, 9.17) is 24.7 Å². The summed E-state index contributed by atoms with van der Waals surface area (Å²) in [6.07, 6.45) is 1.46. The zero-order valence-corrected chi connectivity index (χ0v) is 23.8. The van der Waals surface area contributed by atoms with Crippen molar-refractivity contribution in [2.45, 2.75) is 51.7 Å². The van der Waals surface area contributed by atoms with E-state index in [-0.39, 0.29) is 36.3 Å². The minimum Gasteiger partial charge on any atom is -0.486 e. The third-order valence-electron chi connectivity index (χ3n) is 7.51. The van der Waals surface area contributed by atoms with Gasteiger partial charge in [-0.3, -0.25) is 4.79 Å². The number of pyridine rings is 1. The molecule has 42 heavy (non-hydrogen) atoms. The highest BCUT2D eigenvalue weighted by Gasteiger charge is 2.31. The van der Waals surface area contributed by atoms with Crippen LogP contribution in [0.2, 0.25) is 0 Å². The molecule has 4 heterocycles. The molecule has 0 radical (unpaired) electrons. The number of nitrogens with two attached hydrogens (primary N) is 1. The molecule has 0 bridgehead atoms. The molecule has 6 rings (SSSR count). The molecule has 1 saturated heterocycles. The van der Waals surface area contributed by atoms with Crippen molar-refractivity contribution in [2.24, 2.45) is 0 Å². The van der Waals surface area contributed by atoms with Crippen LogP contribution in [0.3, 0.4) is 0 Å². The van der Waals surface area contributed by atoms with Crippen molar-refractivity contribution < 1.29 is 32.9 Å². The number of fused-ring (bicyclic) bond motifs is 2. The first-order valence-corrected chi connectivity index (χ1v) is 14.0. The molecule has 220 valence electrons. The maximum Gasteiger partial charge on any atom is 0.410 e. The first-order chi connectivity index (χ1) is 20.1. The lowest BCUT2D eigenvalue weighted by molar-refractivity contribution is 0.0124. The number of nitrogen functional groups attached to an aromatic ring is 1. The number of nitrogens with zero attached hydrogens (tertiary/aromatic N) is 2. The molecule has 11 heteroatoms. The summed E-state index contributed by atoms with van der Waals surface area (Å²) in [4.78, 5) is 30.3. The summed E-state index contributed by atoms with van der Waals surface area (Å²) in [6.45, 7) is 7.06. The lowest BCUT2D eigenvalue weighted by Crippen LogP contribution is -2.44. The predicted octanol–water partition coefficient (Wildman–Crippen LogP) is 4.93. The van der Waals surface area contributed by atoms with Crippen molar-refractivity contribution in [3.63, 3.8) is 0 Å². The minimum absolute atomic E-state index is 0.0381. The molecule has 3 N–H and O–H groups in total. The van der Waals surface area contributed by atoms with Crippen LogP contribution in [0.4, 0.5) is 15.0 Å². The van der Waals surface area contributed by atoms with E-state index in [1.807, 2.05) is 26.8 Å². The Bertz CT molecular complexity index is 1560. The maximum atomic E-state index is 15.3. The number of nitrogens with one attached hydrogen (secondary N) is 1. The number of halogens is 1.